The van der Waals surface area contributed by atoms with Crippen LogP contribution in [-0.4, -0.2) is 86.3 Å². The molecule has 0 saturated carbocycles. The predicted octanol–water partition coefficient (Wildman–Crippen LogP) is -2.57. The van der Waals surface area contributed by atoms with Gasteiger partial charge in [-0.1, -0.05) is 30.3 Å². The Hall–Kier alpha value is -4.04. The molecular weight excluding hydrogens is 468 g/mol. The van der Waals surface area contributed by atoms with Crippen LogP contribution in [0, 0.1) is 0 Å². The standard InChI is InChI=1S/C21H28N4O10/c1-10(26)17(20(33)24-14(21(34)35)9-16(29)30)25-19(32)13(7-11-5-3-2-4-6-11)23-18(31)12(22)8-15(27)28/h2-6,10,12-14,17,26H,7-9,22H2,1H3,(H,23,31)(H,24,33)(H,25,32)(H,27,28)(H,29,30)(H,34,35). The Morgan fingerprint density at radius 2 is 1.34 bits per heavy atom. The molecule has 14 heteroatoms. The molecule has 5 atom stereocenters. The van der Waals surface area contributed by atoms with Crippen molar-refractivity contribution < 1.29 is 49.2 Å². The minimum absolute atomic E-state index is 0.0941. The molecule has 1 rings (SSSR count). The summed E-state index contributed by atoms with van der Waals surface area (Å²) >= 11 is 0. The first-order valence-corrected chi connectivity index (χ1v) is 10.4. The zero-order chi connectivity index (χ0) is 26.7. The normalized spacial score (nSPS) is 14.9. The number of nitrogens with one attached hydrogen (secondary N) is 3. The summed E-state index contributed by atoms with van der Waals surface area (Å²) in [5.74, 6) is -7.56. The SMILES string of the molecule is CC(O)C(NC(=O)C(Cc1ccccc1)NC(=O)C(N)CC(=O)O)C(=O)NC(CC(=O)O)C(=O)O. The van der Waals surface area contributed by atoms with Gasteiger partial charge in [-0.25, -0.2) is 4.79 Å². The molecule has 0 aliphatic carbocycles. The van der Waals surface area contributed by atoms with Gasteiger partial charge in [0.15, 0.2) is 0 Å². The molecule has 0 radical (unpaired) electrons. The predicted molar refractivity (Wildman–Crippen MR) is 118 cm³/mol. The third-order valence-corrected chi connectivity index (χ3v) is 4.70. The summed E-state index contributed by atoms with van der Waals surface area (Å²) in [6.07, 6.45) is -3.29. The number of carbonyl (C=O) groups excluding carboxylic acids is 3. The quantitative estimate of drug-likeness (QED) is 0.133. The molecular formula is C21H28N4O10. The van der Waals surface area contributed by atoms with Gasteiger partial charge < -0.3 is 42.1 Å². The van der Waals surface area contributed by atoms with Crippen molar-refractivity contribution in [1.82, 2.24) is 16.0 Å². The molecule has 1 aromatic rings. The lowest BCUT2D eigenvalue weighted by atomic mass is 10.0. The van der Waals surface area contributed by atoms with Crippen LogP contribution in [0.4, 0.5) is 0 Å². The summed E-state index contributed by atoms with van der Waals surface area (Å²) < 4.78 is 0. The molecule has 0 spiro atoms. The van der Waals surface area contributed by atoms with E-state index in [1.807, 2.05) is 5.32 Å². The number of carboxylic acid groups (broad SMARTS) is 3. The van der Waals surface area contributed by atoms with Crippen LogP contribution < -0.4 is 21.7 Å². The lowest BCUT2D eigenvalue weighted by Gasteiger charge is -2.26. The van der Waals surface area contributed by atoms with E-state index in [0.29, 0.717) is 5.56 Å². The zero-order valence-corrected chi connectivity index (χ0v) is 18.7. The van der Waals surface area contributed by atoms with Gasteiger partial charge in [-0.15, -0.1) is 0 Å². The van der Waals surface area contributed by atoms with Crippen LogP contribution in [0.1, 0.15) is 25.3 Å². The van der Waals surface area contributed by atoms with Crippen molar-refractivity contribution in [3.05, 3.63) is 35.9 Å². The fourth-order valence-corrected chi connectivity index (χ4v) is 2.91. The Kier molecular flexibility index (Phi) is 11.3. The third-order valence-electron chi connectivity index (χ3n) is 4.70. The highest BCUT2D eigenvalue weighted by Gasteiger charge is 2.33. The van der Waals surface area contributed by atoms with Crippen LogP contribution in [0.25, 0.3) is 0 Å². The van der Waals surface area contributed by atoms with Crippen LogP contribution in [-0.2, 0) is 35.2 Å². The number of carboxylic acids is 3. The topological polar surface area (TPSA) is 245 Å². The highest BCUT2D eigenvalue weighted by molar-refractivity contribution is 5.95. The fraction of sp³-hybridized carbons (Fsp3) is 0.429. The van der Waals surface area contributed by atoms with Crippen LogP contribution in [0.15, 0.2) is 30.3 Å². The molecule has 35 heavy (non-hydrogen) atoms. The molecule has 0 aliphatic heterocycles. The largest absolute Gasteiger partial charge is 0.481 e. The number of rotatable bonds is 14. The van der Waals surface area contributed by atoms with Gasteiger partial charge in [0.1, 0.15) is 18.1 Å². The Balaban J connectivity index is 3.08. The van der Waals surface area contributed by atoms with Crippen molar-refractivity contribution in [2.75, 3.05) is 0 Å². The number of nitrogens with two attached hydrogens (primary N) is 1. The average molecular weight is 496 g/mol. The van der Waals surface area contributed by atoms with Crippen molar-refractivity contribution >= 4 is 35.6 Å². The maximum atomic E-state index is 13.0. The van der Waals surface area contributed by atoms with Crippen LogP contribution in [0.3, 0.4) is 0 Å². The smallest absolute Gasteiger partial charge is 0.326 e. The first-order valence-electron chi connectivity index (χ1n) is 10.4. The van der Waals surface area contributed by atoms with Gasteiger partial charge in [0.2, 0.25) is 17.7 Å². The second kappa shape index (κ2) is 13.6. The number of hydrogen-bond donors (Lipinski definition) is 8. The number of aliphatic carboxylic acids is 3. The molecule has 3 amide bonds. The van der Waals surface area contributed by atoms with E-state index >= 15 is 0 Å². The molecule has 14 nitrogen and oxygen atoms in total. The zero-order valence-electron chi connectivity index (χ0n) is 18.7. The summed E-state index contributed by atoms with van der Waals surface area (Å²) in [5.41, 5.74) is 6.14. The first kappa shape index (κ1) is 29.0. The van der Waals surface area contributed by atoms with Gasteiger partial charge in [-0.2, -0.15) is 0 Å². The molecule has 0 saturated heterocycles. The Morgan fingerprint density at radius 3 is 1.83 bits per heavy atom. The van der Waals surface area contributed by atoms with E-state index in [0.717, 1.165) is 6.92 Å². The van der Waals surface area contributed by atoms with E-state index in [4.69, 9.17) is 21.1 Å². The van der Waals surface area contributed by atoms with Crippen molar-refractivity contribution in [2.24, 2.45) is 5.73 Å². The molecule has 9 N–H and O–H groups in total. The fourth-order valence-electron chi connectivity index (χ4n) is 2.91. The average Bonchev–Trinajstić information content (AvgIpc) is 2.75. The van der Waals surface area contributed by atoms with Crippen LogP contribution >= 0.6 is 0 Å². The number of hydrogen-bond acceptors (Lipinski definition) is 8. The molecule has 0 heterocycles. The molecule has 0 aliphatic rings. The Labute approximate surface area is 199 Å². The number of aliphatic hydroxyl groups excluding tert-OH is 1. The van der Waals surface area contributed by atoms with E-state index in [1.165, 1.54) is 0 Å². The van der Waals surface area contributed by atoms with Gasteiger partial charge in [0.25, 0.3) is 0 Å². The van der Waals surface area contributed by atoms with Gasteiger partial charge in [-0.05, 0) is 12.5 Å². The highest BCUT2D eigenvalue weighted by Crippen LogP contribution is 2.06. The van der Waals surface area contributed by atoms with Gasteiger partial charge >= 0.3 is 17.9 Å². The lowest BCUT2D eigenvalue weighted by Crippen LogP contribution is -2.60. The molecule has 0 aromatic heterocycles. The lowest BCUT2D eigenvalue weighted by molar-refractivity contribution is -0.148. The van der Waals surface area contributed by atoms with E-state index in [-0.39, 0.29) is 6.42 Å². The number of aliphatic hydroxyl groups is 1. The summed E-state index contributed by atoms with van der Waals surface area (Å²) in [6, 6.07) is 1.98. The molecule has 0 fully saturated rings. The third kappa shape index (κ3) is 10.2. The van der Waals surface area contributed by atoms with E-state index < -0.39 is 78.7 Å². The van der Waals surface area contributed by atoms with Crippen molar-refractivity contribution in [2.45, 2.75) is 56.5 Å². The number of carbonyl (C=O) groups is 6. The van der Waals surface area contributed by atoms with E-state index in [1.54, 1.807) is 30.3 Å². The Bertz CT molecular complexity index is 937. The summed E-state index contributed by atoms with van der Waals surface area (Å²) in [6.45, 7) is 1.13. The Morgan fingerprint density at radius 1 is 0.800 bits per heavy atom. The maximum Gasteiger partial charge on any atom is 0.326 e. The maximum absolute atomic E-state index is 13.0. The second-order valence-electron chi connectivity index (χ2n) is 7.68. The molecule has 0 bridgehead atoms. The van der Waals surface area contributed by atoms with Gasteiger partial charge in [0.05, 0.1) is 25.0 Å². The number of amides is 3. The number of benzene rings is 1. The molecule has 1 aromatic carbocycles. The van der Waals surface area contributed by atoms with Crippen molar-refractivity contribution in [3.8, 4) is 0 Å². The van der Waals surface area contributed by atoms with Gasteiger partial charge in [-0.3, -0.25) is 24.0 Å². The van der Waals surface area contributed by atoms with Crippen molar-refractivity contribution in [3.63, 3.8) is 0 Å². The summed E-state index contributed by atoms with van der Waals surface area (Å²) in [5, 5.41) is 43.2. The monoisotopic (exact) mass is 496 g/mol. The minimum Gasteiger partial charge on any atom is -0.481 e. The van der Waals surface area contributed by atoms with Gasteiger partial charge in [0, 0.05) is 6.42 Å². The second-order valence-corrected chi connectivity index (χ2v) is 7.68. The minimum atomic E-state index is -1.83. The highest BCUT2D eigenvalue weighted by atomic mass is 16.4. The van der Waals surface area contributed by atoms with E-state index in [2.05, 4.69) is 10.6 Å². The summed E-state index contributed by atoms with van der Waals surface area (Å²) in [4.78, 5) is 70.7. The molecule has 192 valence electrons. The molecule has 5 unspecified atom stereocenters. The summed E-state index contributed by atoms with van der Waals surface area (Å²) in [7, 11) is 0. The van der Waals surface area contributed by atoms with Crippen molar-refractivity contribution in [1.29, 1.82) is 0 Å². The van der Waals surface area contributed by atoms with E-state index in [9.17, 15) is 33.9 Å². The van der Waals surface area contributed by atoms with Crippen LogP contribution in [0.5, 0.6) is 0 Å². The van der Waals surface area contributed by atoms with Crippen LogP contribution in [0.2, 0.25) is 0 Å². The first-order chi connectivity index (χ1) is 16.3.